The highest BCUT2D eigenvalue weighted by atomic mass is 32.1. The summed E-state index contributed by atoms with van der Waals surface area (Å²) in [4.78, 5) is 36.8. The van der Waals surface area contributed by atoms with Gasteiger partial charge in [0, 0.05) is 23.9 Å². The molecule has 0 unspecified atom stereocenters. The minimum Gasteiger partial charge on any atom is -0.462 e. The van der Waals surface area contributed by atoms with Gasteiger partial charge in [0.15, 0.2) is 5.76 Å². The second-order valence-corrected chi connectivity index (χ2v) is 7.70. The quantitative estimate of drug-likeness (QED) is 0.373. The van der Waals surface area contributed by atoms with Gasteiger partial charge < -0.3 is 19.8 Å². The molecule has 2 aromatic heterocycles. The molecule has 7 nitrogen and oxygen atoms in total. The molecule has 0 fully saturated rings. The molecule has 0 bridgehead atoms. The first-order valence-corrected chi connectivity index (χ1v) is 10.8. The molecular formula is C23H24N2O5S. The number of ether oxygens (including phenoxy) is 1. The number of benzene rings is 1. The van der Waals surface area contributed by atoms with Gasteiger partial charge in [0.2, 0.25) is 5.91 Å². The van der Waals surface area contributed by atoms with Gasteiger partial charge in [0.25, 0.3) is 5.91 Å². The number of carbonyl (C=O) groups excluding carboxylic acids is 3. The molecule has 0 spiro atoms. The number of furan rings is 1. The minimum absolute atomic E-state index is 0.193. The van der Waals surface area contributed by atoms with Crippen molar-refractivity contribution in [2.45, 2.75) is 26.7 Å². The van der Waals surface area contributed by atoms with Gasteiger partial charge in [0.1, 0.15) is 10.6 Å². The summed E-state index contributed by atoms with van der Waals surface area (Å²) in [7, 11) is 0. The molecule has 3 aromatic rings. The average Bonchev–Trinajstić information content (AvgIpc) is 3.42. The summed E-state index contributed by atoms with van der Waals surface area (Å²) in [5.41, 5.74) is 3.08. The van der Waals surface area contributed by atoms with Gasteiger partial charge in [-0.1, -0.05) is 29.8 Å². The lowest BCUT2D eigenvalue weighted by Gasteiger charge is -2.09. The Bertz CT molecular complexity index is 1040. The molecule has 0 atom stereocenters. The predicted octanol–water partition coefficient (Wildman–Crippen LogP) is 4.64. The van der Waals surface area contributed by atoms with Crippen molar-refractivity contribution in [2.75, 3.05) is 18.5 Å². The Morgan fingerprint density at radius 2 is 1.90 bits per heavy atom. The van der Waals surface area contributed by atoms with Crippen LogP contribution in [-0.4, -0.2) is 30.9 Å². The zero-order valence-electron chi connectivity index (χ0n) is 17.4. The number of esters is 1. The summed E-state index contributed by atoms with van der Waals surface area (Å²) in [6, 6.07) is 11.0. The number of aryl methyl sites for hydroxylation is 1. The van der Waals surface area contributed by atoms with E-state index in [1.165, 1.54) is 17.6 Å². The van der Waals surface area contributed by atoms with Gasteiger partial charge in [-0.15, -0.1) is 11.3 Å². The van der Waals surface area contributed by atoms with E-state index in [1.807, 2.05) is 36.6 Å². The summed E-state index contributed by atoms with van der Waals surface area (Å²) in [6.45, 7) is 4.30. The van der Waals surface area contributed by atoms with E-state index >= 15 is 0 Å². The van der Waals surface area contributed by atoms with E-state index in [9.17, 15) is 14.4 Å². The molecule has 1 aromatic carbocycles. The molecule has 3 rings (SSSR count). The summed E-state index contributed by atoms with van der Waals surface area (Å²) in [5.74, 6) is -0.808. The molecule has 162 valence electrons. The van der Waals surface area contributed by atoms with Crippen LogP contribution in [0.1, 0.15) is 46.2 Å². The van der Waals surface area contributed by atoms with Crippen LogP contribution in [0.3, 0.4) is 0 Å². The third-order valence-corrected chi connectivity index (χ3v) is 5.39. The SMILES string of the molecule is CCOC(=O)c1c(-c2ccc(C)cc2)csc1NC(=O)CCCNC(=O)c1ccco1. The third kappa shape index (κ3) is 5.82. The molecule has 0 radical (unpaired) electrons. The van der Waals surface area contributed by atoms with Crippen molar-refractivity contribution in [1.29, 1.82) is 0 Å². The Morgan fingerprint density at radius 1 is 1.13 bits per heavy atom. The fourth-order valence-corrected chi connectivity index (χ4v) is 3.91. The Labute approximate surface area is 184 Å². The Hall–Kier alpha value is -3.39. The highest BCUT2D eigenvalue weighted by Crippen LogP contribution is 2.36. The third-order valence-electron chi connectivity index (χ3n) is 4.50. The average molecular weight is 441 g/mol. The second kappa shape index (κ2) is 10.6. The maximum atomic E-state index is 12.6. The maximum absolute atomic E-state index is 12.6. The van der Waals surface area contributed by atoms with Crippen molar-refractivity contribution >= 4 is 34.1 Å². The lowest BCUT2D eigenvalue weighted by atomic mass is 10.0. The van der Waals surface area contributed by atoms with E-state index in [0.717, 1.165) is 16.7 Å². The van der Waals surface area contributed by atoms with Crippen LogP contribution in [0.25, 0.3) is 11.1 Å². The van der Waals surface area contributed by atoms with Gasteiger partial charge in [-0.2, -0.15) is 0 Å². The van der Waals surface area contributed by atoms with Crippen LogP contribution in [0.2, 0.25) is 0 Å². The largest absolute Gasteiger partial charge is 0.462 e. The first-order chi connectivity index (χ1) is 15.0. The van der Waals surface area contributed by atoms with Crippen molar-refractivity contribution in [3.05, 3.63) is 64.9 Å². The van der Waals surface area contributed by atoms with Crippen LogP contribution in [0.4, 0.5) is 5.00 Å². The monoisotopic (exact) mass is 440 g/mol. The highest BCUT2D eigenvalue weighted by molar-refractivity contribution is 7.15. The summed E-state index contributed by atoms with van der Waals surface area (Å²) < 4.78 is 10.2. The number of amides is 2. The van der Waals surface area contributed by atoms with E-state index < -0.39 is 5.97 Å². The van der Waals surface area contributed by atoms with Crippen molar-refractivity contribution in [1.82, 2.24) is 5.32 Å². The summed E-state index contributed by atoms with van der Waals surface area (Å²) >= 11 is 1.29. The fraction of sp³-hybridized carbons (Fsp3) is 0.261. The van der Waals surface area contributed by atoms with Gasteiger partial charge in [-0.05, 0) is 38.0 Å². The van der Waals surface area contributed by atoms with Crippen molar-refractivity contribution in [3.8, 4) is 11.1 Å². The molecule has 0 aliphatic carbocycles. The molecule has 0 saturated heterocycles. The zero-order chi connectivity index (χ0) is 22.2. The van der Waals surface area contributed by atoms with Crippen LogP contribution in [-0.2, 0) is 9.53 Å². The van der Waals surface area contributed by atoms with E-state index in [-0.39, 0.29) is 30.6 Å². The topological polar surface area (TPSA) is 97.6 Å². The standard InChI is InChI=1S/C23H24N2O5S/c1-3-29-23(28)20-17(16-10-8-15(2)9-11-16)14-31-22(20)25-19(26)7-4-12-24-21(27)18-6-5-13-30-18/h5-6,8-11,13-14H,3-4,7,12H2,1-2H3,(H,24,27)(H,25,26). The van der Waals surface area contributed by atoms with Crippen LogP contribution in [0, 0.1) is 6.92 Å². The van der Waals surface area contributed by atoms with E-state index in [2.05, 4.69) is 10.6 Å². The molecule has 2 N–H and O–H groups in total. The summed E-state index contributed by atoms with van der Waals surface area (Å²) in [6.07, 6.45) is 2.07. The lowest BCUT2D eigenvalue weighted by Crippen LogP contribution is -2.25. The van der Waals surface area contributed by atoms with Gasteiger partial charge in [-0.25, -0.2) is 4.79 Å². The molecule has 0 aliphatic heterocycles. The number of hydrogen-bond acceptors (Lipinski definition) is 6. The van der Waals surface area contributed by atoms with Crippen LogP contribution >= 0.6 is 11.3 Å². The molecule has 2 amide bonds. The van der Waals surface area contributed by atoms with Crippen molar-refractivity contribution in [3.63, 3.8) is 0 Å². The number of thiophene rings is 1. The number of carbonyl (C=O) groups is 3. The van der Waals surface area contributed by atoms with E-state index in [1.54, 1.807) is 19.1 Å². The van der Waals surface area contributed by atoms with E-state index in [4.69, 9.17) is 9.15 Å². The van der Waals surface area contributed by atoms with Gasteiger partial charge in [0.05, 0.1) is 12.9 Å². The van der Waals surface area contributed by atoms with Crippen molar-refractivity contribution in [2.24, 2.45) is 0 Å². The second-order valence-electron chi connectivity index (χ2n) is 6.82. The first kappa shape index (κ1) is 22.3. The van der Waals surface area contributed by atoms with Gasteiger partial charge in [-0.3, -0.25) is 9.59 Å². The molecule has 0 aliphatic rings. The normalized spacial score (nSPS) is 10.5. The van der Waals surface area contributed by atoms with Crippen LogP contribution in [0.15, 0.2) is 52.5 Å². The van der Waals surface area contributed by atoms with Crippen LogP contribution < -0.4 is 10.6 Å². The molecule has 31 heavy (non-hydrogen) atoms. The van der Waals surface area contributed by atoms with Crippen LogP contribution in [0.5, 0.6) is 0 Å². The number of hydrogen-bond donors (Lipinski definition) is 2. The zero-order valence-corrected chi connectivity index (χ0v) is 18.2. The molecular weight excluding hydrogens is 416 g/mol. The maximum Gasteiger partial charge on any atom is 0.341 e. The highest BCUT2D eigenvalue weighted by Gasteiger charge is 2.22. The Kier molecular flexibility index (Phi) is 7.61. The van der Waals surface area contributed by atoms with E-state index in [0.29, 0.717) is 23.5 Å². The van der Waals surface area contributed by atoms with Gasteiger partial charge >= 0.3 is 5.97 Å². The number of nitrogens with one attached hydrogen (secondary N) is 2. The molecule has 0 saturated carbocycles. The molecule has 2 heterocycles. The fourth-order valence-electron chi connectivity index (χ4n) is 2.94. The Morgan fingerprint density at radius 3 is 2.58 bits per heavy atom. The first-order valence-electron chi connectivity index (χ1n) is 9.96. The Balaban J connectivity index is 1.63. The smallest absolute Gasteiger partial charge is 0.341 e. The molecule has 8 heteroatoms. The number of rotatable bonds is 9. The minimum atomic E-state index is -0.472. The summed E-state index contributed by atoms with van der Waals surface area (Å²) in [5, 5.41) is 7.81. The predicted molar refractivity (Wildman–Crippen MR) is 119 cm³/mol. The van der Waals surface area contributed by atoms with Crippen molar-refractivity contribution < 1.29 is 23.5 Å². The lowest BCUT2D eigenvalue weighted by molar-refractivity contribution is -0.116. The number of anilines is 1.